The molecule has 0 bridgehead atoms. The van der Waals surface area contributed by atoms with Crippen LogP contribution in [-0.4, -0.2) is 59.5 Å². The van der Waals surface area contributed by atoms with Gasteiger partial charge in [-0.05, 0) is 42.8 Å². The van der Waals surface area contributed by atoms with E-state index in [4.69, 9.17) is 9.84 Å². The van der Waals surface area contributed by atoms with Crippen LogP contribution in [0.2, 0.25) is 0 Å². The monoisotopic (exact) mass is 406 g/mol. The van der Waals surface area contributed by atoms with Gasteiger partial charge in [0.2, 0.25) is 5.95 Å². The highest BCUT2D eigenvalue weighted by Gasteiger charge is 2.12. The van der Waals surface area contributed by atoms with Gasteiger partial charge in [0.15, 0.2) is 0 Å². The lowest BCUT2D eigenvalue weighted by molar-refractivity contribution is 0.122. The zero-order valence-corrected chi connectivity index (χ0v) is 16.8. The van der Waals surface area contributed by atoms with Crippen molar-refractivity contribution in [3.63, 3.8) is 0 Å². The second-order valence-corrected chi connectivity index (χ2v) is 6.95. The van der Waals surface area contributed by atoms with Crippen LogP contribution >= 0.6 is 0 Å². The first-order chi connectivity index (χ1) is 14.8. The van der Waals surface area contributed by atoms with E-state index >= 15 is 0 Å². The maximum atomic E-state index is 9.03. The van der Waals surface area contributed by atoms with Crippen LogP contribution in [0.5, 0.6) is 0 Å². The first-order valence-electron chi connectivity index (χ1n) is 10.2. The van der Waals surface area contributed by atoms with E-state index in [-0.39, 0.29) is 6.61 Å². The van der Waals surface area contributed by atoms with Gasteiger partial charge in [0.25, 0.3) is 0 Å². The highest BCUT2D eigenvalue weighted by molar-refractivity contribution is 5.66. The van der Waals surface area contributed by atoms with E-state index in [2.05, 4.69) is 42.6 Å². The maximum Gasteiger partial charge on any atom is 0.225 e. The molecule has 0 spiro atoms. The van der Waals surface area contributed by atoms with Crippen molar-refractivity contribution in [3.8, 4) is 11.4 Å². The molecule has 0 atom stereocenters. The number of pyridine rings is 1. The summed E-state index contributed by atoms with van der Waals surface area (Å²) in [4.78, 5) is 15.9. The molecule has 0 aliphatic carbocycles. The van der Waals surface area contributed by atoms with E-state index in [0.717, 1.165) is 43.4 Å². The number of rotatable bonds is 8. The van der Waals surface area contributed by atoms with Gasteiger partial charge < -0.3 is 25.4 Å². The van der Waals surface area contributed by atoms with Gasteiger partial charge in [-0.3, -0.25) is 4.98 Å². The quantitative estimate of drug-likeness (QED) is 0.492. The van der Waals surface area contributed by atoms with Crippen LogP contribution in [0.3, 0.4) is 0 Å². The van der Waals surface area contributed by atoms with E-state index in [1.165, 1.54) is 5.69 Å². The molecule has 3 N–H and O–H groups in total. The Hall–Kier alpha value is -3.23. The first-order valence-corrected chi connectivity index (χ1v) is 10.2. The minimum absolute atomic E-state index is 0.119. The Balaban J connectivity index is 1.54. The molecule has 0 amide bonds. The smallest absolute Gasteiger partial charge is 0.225 e. The number of anilines is 4. The summed E-state index contributed by atoms with van der Waals surface area (Å²) in [6.45, 7) is 4.07. The molecule has 30 heavy (non-hydrogen) atoms. The van der Waals surface area contributed by atoms with Crippen LogP contribution in [0.4, 0.5) is 23.1 Å². The largest absolute Gasteiger partial charge is 0.396 e. The van der Waals surface area contributed by atoms with Crippen LogP contribution in [0.25, 0.3) is 11.4 Å². The summed E-state index contributed by atoms with van der Waals surface area (Å²) >= 11 is 0. The molecule has 1 aliphatic heterocycles. The fourth-order valence-electron chi connectivity index (χ4n) is 3.24. The molecule has 8 heteroatoms. The van der Waals surface area contributed by atoms with Gasteiger partial charge in [0, 0.05) is 49.9 Å². The third kappa shape index (κ3) is 5.22. The Bertz CT molecular complexity index is 930. The Morgan fingerprint density at radius 2 is 1.83 bits per heavy atom. The summed E-state index contributed by atoms with van der Waals surface area (Å²) < 4.78 is 5.42. The summed E-state index contributed by atoms with van der Waals surface area (Å²) in [6, 6.07) is 15.9. The van der Waals surface area contributed by atoms with Crippen LogP contribution in [0, 0.1) is 0 Å². The van der Waals surface area contributed by atoms with E-state index in [1.807, 2.05) is 36.4 Å². The molecular weight excluding hydrogens is 380 g/mol. The number of ether oxygens (including phenoxy) is 1. The first kappa shape index (κ1) is 20.1. The Morgan fingerprint density at radius 3 is 2.57 bits per heavy atom. The molecule has 4 rings (SSSR count). The normalized spacial score (nSPS) is 13.8. The summed E-state index contributed by atoms with van der Waals surface area (Å²) in [7, 11) is 0. The molecule has 0 unspecified atom stereocenters. The molecule has 0 saturated carbocycles. The number of aromatic nitrogens is 3. The Morgan fingerprint density at radius 1 is 1.00 bits per heavy atom. The van der Waals surface area contributed by atoms with Crippen molar-refractivity contribution < 1.29 is 9.84 Å². The van der Waals surface area contributed by atoms with E-state index in [0.29, 0.717) is 24.7 Å². The molecule has 0 radical (unpaired) electrons. The van der Waals surface area contributed by atoms with E-state index in [1.54, 1.807) is 6.20 Å². The number of hydrogen-bond donors (Lipinski definition) is 3. The summed E-state index contributed by atoms with van der Waals surface area (Å²) in [5.74, 6) is 1.18. The van der Waals surface area contributed by atoms with Crippen LogP contribution in [0.1, 0.15) is 6.42 Å². The molecule has 2 aromatic heterocycles. The SMILES string of the molecule is OCCCNc1nc(Nc2ccc(N3CCOCC3)cc2)cc(-c2ccccn2)n1. The highest BCUT2D eigenvalue weighted by atomic mass is 16.5. The predicted molar refractivity (Wildman–Crippen MR) is 118 cm³/mol. The fraction of sp³-hybridized carbons (Fsp3) is 0.318. The molecule has 156 valence electrons. The number of aliphatic hydroxyl groups excluding tert-OH is 1. The highest BCUT2D eigenvalue weighted by Crippen LogP contribution is 2.24. The average molecular weight is 406 g/mol. The molecule has 3 aromatic rings. The number of nitrogens with zero attached hydrogens (tertiary/aromatic N) is 4. The molecule has 1 aliphatic rings. The molecular formula is C22H26N6O2. The van der Waals surface area contributed by atoms with Gasteiger partial charge in [-0.25, -0.2) is 4.98 Å². The second kappa shape index (κ2) is 10.00. The van der Waals surface area contributed by atoms with Gasteiger partial charge in [-0.15, -0.1) is 0 Å². The van der Waals surface area contributed by atoms with Crippen LogP contribution in [0.15, 0.2) is 54.7 Å². The molecule has 1 saturated heterocycles. The van der Waals surface area contributed by atoms with Gasteiger partial charge in [-0.2, -0.15) is 4.98 Å². The number of aliphatic hydroxyl groups is 1. The molecule has 1 fully saturated rings. The zero-order chi connectivity index (χ0) is 20.6. The van der Waals surface area contributed by atoms with Crippen molar-refractivity contribution in [1.82, 2.24) is 15.0 Å². The molecule has 8 nitrogen and oxygen atoms in total. The summed E-state index contributed by atoms with van der Waals surface area (Å²) in [5, 5.41) is 15.6. The lowest BCUT2D eigenvalue weighted by Crippen LogP contribution is -2.36. The van der Waals surface area contributed by atoms with E-state index < -0.39 is 0 Å². The van der Waals surface area contributed by atoms with Crippen molar-refractivity contribution in [3.05, 3.63) is 54.7 Å². The minimum Gasteiger partial charge on any atom is -0.396 e. The van der Waals surface area contributed by atoms with Gasteiger partial charge >= 0.3 is 0 Å². The van der Waals surface area contributed by atoms with Crippen molar-refractivity contribution in [2.75, 3.05) is 55.0 Å². The number of nitrogens with one attached hydrogen (secondary N) is 2. The van der Waals surface area contributed by atoms with Gasteiger partial charge in [-0.1, -0.05) is 6.07 Å². The van der Waals surface area contributed by atoms with Crippen molar-refractivity contribution >= 4 is 23.1 Å². The van der Waals surface area contributed by atoms with E-state index in [9.17, 15) is 0 Å². The summed E-state index contributed by atoms with van der Waals surface area (Å²) in [5.41, 5.74) is 3.63. The maximum absolute atomic E-state index is 9.03. The summed E-state index contributed by atoms with van der Waals surface area (Å²) in [6.07, 6.45) is 2.37. The molecule has 1 aromatic carbocycles. The molecule has 3 heterocycles. The fourth-order valence-corrected chi connectivity index (χ4v) is 3.24. The van der Waals surface area contributed by atoms with Crippen molar-refractivity contribution in [2.45, 2.75) is 6.42 Å². The minimum atomic E-state index is 0.119. The van der Waals surface area contributed by atoms with Crippen LogP contribution < -0.4 is 15.5 Å². The number of hydrogen-bond acceptors (Lipinski definition) is 8. The second-order valence-electron chi connectivity index (χ2n) is 6.95. The standard InChI is InChI=1S/C22H26N6O2/c29-13-3-10-24-22-26-20(19-4-1-2-9-23-19)16-21(27-22)25-17-5-7-18(8-6-17)28-11-14-30-15-12-28/h1-2,4-9,16,29H,3,10-15H2,(H2,24,25,26,27). The van der Waals surface area contributed by atoms with Crippen molar-refractivity contribution in [1.29, 1.82) is 0 Å². The van der Waals surface area contributed by atoms with Gasteiger partial charge in [0.1, 0.15) is 5.82 Å². The van der Waals surface area contributed by atoms with Gasteiger partial charge in [0.05, 0.1) is 24.6 Å². The average Bonchev–Trinajstić information content (AvgIpc) is 2.81. The lowest BCUT2D eigenvalue weighted by Gasteiger charge is -2.28. The lowest BCUT2D eigenvalue weighted by atomic mass is 10.2. The Labute approximate surface area is 176 Å². The topological polar surface area (TPSA) is 95.4 Å². The number of benzene rings is 1. The predicted octanol–water partition coefficient (Wildman–Crippen LogP) is 2.91. The number of morpholine rings is 1. The van der Waals surface area contributed by atoms with Crippen molar-refractivity contribution in [2.24, 2.45) is 0 Å². The zero-order valence-electron chi connectivity index (χ0n) is 16.8. The third-order valence-electron chi connectivity index (χ3n) is 4.79. The Kier molecular flexibility index (Phi) is 6.68. The third-order valence-corrected chi connectivity index (χ3v) is 4.79. The van der Waals surface area contributed by atoms with Crippen LogP contribution in [-0.2, 0) is 4.74 Å².